The zero-order valence-electron chi connectivity index (χ0n) is 13.3. The van der Waals surface area contributed by atoms with Gasteiger partial charge in [0.15, 0.2) is 11.5 Å². The maximum atomic E-state index is 5.43. The number of aromatic nitrogens is 2. The van der Waals surface area contributed by atoms with Crippen LogP contribution in [0.1, 0.15) is 19.8 Å². The van der Waals surface area contributed by atoms with Crippen molar-refractivity contribution in [1.29, 1.82) is 0 Å². The molecule has 1 saturated heterocycles. The van der Waals surface area contributed by atoms with Crippen LogP contribution in [0.4, 0.5) is 11.8 Å². The molecule has 2 heterocycles. The average molecular weight is 302 g/mol. The second kappa shape index (κ2) is 6.25. The molecule has 1 aromatic carbocycles. The highest BCUT2D eigenvalue weighted by Gasteiger charge is 2.20. The summed E-state index contributed by atoms with van der Waals surface area (Å²) in [6.07, 6.45) is 2.41. The molecule has 0 unspecified atom stereocenters. The standard InChI is InChI=1S/C16H22N4O2/c1-4-17-16-18-12-10-14(22-3)13(21-2)9-11(12)15(19-16)20-7-5-6-8-20/h9-10H,4-8H2,1-3H3,(H,17,18,19). The van der Waals surface area contributed by atoms with E-state index in [-0.39, 0.29) is 0 Å². The van der Waals surface area contributed by atoms with E-state index in [9.17, 15) is 0 Å². The molecular formula is C16H22N4O2. The van der Waals surface area contributed by atoms with Crippen LogP contribution >= 0.6 is 0 Å². The van der Waals surface area contributed by atoms with Crippen LogP contribution in [-0.4, -0.2) is 43.8 Å². The third-order valence-corrected chi connectivity index (χ3v) is 3.92. The molecule has 2 aromatic rings. The van der Waals surface area contributed by atoms with Crippen LogP contribution in [0.2, 0.25) is 0 Å². The number of rotatable bonds is 5. The lowest BCUT2D eigenvalue weighted by atomic mass is 10.2. The molecule has 0 bridgehead atoms. The topological polar surface area (TPSA) is 59.5 Å². The van der Waals surface area contributed by atoms with Gasteiger partial charge in [-0.3, -0.25) is 0 Å². The normalized spacial score (nSPS) is 14.4. The van der Waals surface area contributed by atoms with Crippen LogP contribution < -0.4 is 19.7 Å². The zero-order chi connectivity index (χ0) is 15.5. The fourth-order valence-electron chi connectivity index (χ4n) is 2.85. The third kappa shape index (κ3) is 2.61. The predicted molar refractivity (Wildman–Crippen MR) is 88.3 cm³/mol. The second-order valence-corrected chi connectivity index (χ2v) is 5.32. The van der Waals surface area contributed by atoms with Crippen molar-refractivity contribution < 1.29 is 9.47 Å². The summed E-state index contributed by atoms with van der Waals surface area (Å²) in [5.41, 5.74) is 0.866. The number of fused-ring (bicyclic) bond motifs is 1. The Kier molecular flexibility index (Phi) is 4.18. The quantitative estimate of drug-likeness (QED) is 0.916. The van der Waals surface area contributed by atoms with Crippen molar-refractivity contribution in [3.63, 3.8) is 0 Å². The number of benzene rings is 1. The Hall–Kier alpha value is -2.24. The number of hydrogen-bond donors (Lipinski definition) is 1. The number of anilines is 2. The van der Waals surface area contributed by atoms with Gasteiger partial charge in [-0.05, 0) is 25.8 Å². The SMILES string of the molecule is CCNc1nc(N2CCCC2)c2cc(OC)c(OC)cc2n1. The number of methoxy groups -OCH3 is 2. The first-order valence-corrected chi connectivity index (χ1v) is 7.69. The average Bonchev–Trinajstić information content (AvgIpc) is 3.07. The van der Waals surface area contributed by atoms with E-state index >= 15 is 0 Å². The Morgan fingerprint density at radius 3 is 2.41 bits per heavy atom. The molecule has 1 N–H and O–H groups in total. The molecule has 0 spiro atoms. The Morgan fingerprint density at radius 2 is 1.77 bits per heavy atom. The molecule has 0 amide bonds. The van der Waals surface area contributed by atoms with Crippen LogP contribution in [0.3, 0.4) is 0 Å². The molecule has 22 heavy (non-hydrogen) atoms. The molecular weight excluding hydrogens is 280 g/mol. The first-order valence-electron chi connectivity index (χ1n) is 7.69. The Bertz CT molecular complexity index is 669. The lowest BCUT2D eigenvalue weighted by Crippen LogP contribution is -2.20. The zero-order valence-corrected chi connectivity index (χ0v) is 13.3. The van der Waals surface area contributed by atoms with Gasteiger partial charge in [0.2, 0.25) is 5.95 Å². The minimum atomic E-state index is 0.657. The van der Waals surface area contributed by atoms with Gasteiger partial charge in [-0.1, -0.05) is 0 Å². The number of nitrogens with one attached hydrogen (secondary N) is 1. The lowest BCUT2D eigenvalue weighted by Gasteiger charge is -2.20. The van der Waals surface area contributed by atoms with Gasteiger partial charge in [-0.25, -0.2) is 4.98 Å². The predicted octanol–water partition coefficient (Wildman–Crippen LogP) is 2.68. The number of ether oxygens (including phenoxy) is 2. The summed E-state index contributed by atoms with van der Waals surface area (Å²) < 4.78 is 10.8. The second-order valence-electron chi connectivity index (χ2n) is 5.32. The molecule has 1 aliphatic heterocycles. The van der Waals surface area contributed by atoms with Crippen molar-refractivity contribution in [2.75, 3.05) is 44.1 Å². The van der Waals surface area contributed by atoms with Gasteiger partial charge in [0.1, 0.15) is 5.82 Å². The first-order chi connectivity index (χ1) is 10.8. The Labute approximate surface area is 130 Å². The minimum Gasteiger partial charge on any atom is -0.493 e. The molecule has 3 rings (SSSR count). The van der Waals surface area contributed by atoms with Crippen LogP contribution in [0.5, 0.6) is 11.5 Å². The molecule has 6 nitrogen and oxygen atoms in total. The minimum absolute atomic E-state index is 0.657. The van der Waals surface area contributed by atoms with E-state index in [1.54, 1.807) is 14.2 Å². The van der Waals surface area contributed by atoms with Crippen molar-refractivity contribution in [2.45, 2.75) is 19.8 Å². The van der Waals surface area contributed by atoms with E-state index in [1.807, 2.05) is 19.1 Å². The van der Waals surface area contributed by atoms with Crippen molar-refractivity contribution in [3.8, 4) is 11.5 Å². The lowest BCUT2D eigenvalue weighted by molar-refractivity contribution is 0.356. The molecule has 0 saturated carbocycles. The summed E-state index contributed by atoms with van der Waals surface area (Å²) in [7, 11) is 3.28. The van der Waals surface area contributed by atoms with Gasteiger partial charge < -0.3 is 19.7 Å². The fraction of sp³-hybridized carbons (Fsp3) is 0.500. The third-order valence-electron chi connectivity index (χ3n) is 3.92. The molecule has 118 valence electrons. The van der Waals surface area contributed by atoms with Gasteiger partial charge in [0, 0.05) is 31.1 Å². The summed E-state index contributed by atoms with van der Waals surface area (Å²) in [5, 5.41) is 4.21. The molecule has 0 aliphatic carbocycles. The Morgan fingerprint density at radius 1 is 1.09 bits per heavy atom. The largest absolute Gasteiger partial charge is 0.493 e. The highest BCUT2D eigenvalue weighted by atomic mass is 16.5. The van der Waals surface area contributed by atoms with Crippen molar-refractivity contribution in [3.05, 3.63) is 12.1 Å². The van der Waals surface area contributed by atoms with Crippen molar-refractivity contribution in [1.82, 2.24) is 9.97 Å². The van der Waals surface area contributed by atoms with Gasteiger partial charge in [-0.2, -0.15) is 4.98 Å². The van der Waals surface area contributed by atoms with Crippen LogP contribution in [-0.2, 0) is 0 Å². The van der Waals surface area contributed by atoms with Gasteiger partial charge >= 0.3 is 0 Å². The van der Waals surface area contributed by atoms with Crippen LogP contribution in [0.15, 0.2) is 12.1 Å². The summed E-state index contributed by atoms with van der Waals surface area (Å²) in [6, 6.07) is 3.88. The van der Waals surface area contributed by atoms with E-state index in [0.29, 0.717) is 17.4 Å². The van der Waals surface area contributed by atoms with Gasteiger partial charge in [0.05, 0.1) is 19.7 Å². The molecule has 0 radical (unpaired) electrons. The van der Waals surface area contributed by atoms with E-state index < -0.39 is 0 Å². The van der Waals surface area contributed by atoms with E-state index in [0.717, 1.165) is 36.4 Å². The smallest absolute Gasteiger partial charge is 0.225 e. The molecule has 1 aromatic heterocycles. The van der Waals surface area contributed by atoms with Crippen molar-refractivity contribution >= 4 is 22.7 Å². The fourth-order valence-corrected chi connectivity index (χ4v) is 2.85. The van der Waals surface area contributed by atoms with Gasteiger partial charge in [0.25, 0.3) is 0 Å². The van der Waals surface area contributed by atoms with E-state index in [2.05, 4.69) is 15.2 Å². The van der Waals surface area contributed by atoms with E-state index in [4.69, 9.17) is 14.5 Å². The Balaban J connectivity index is 2.20. The van der Waals surface area contributed by atoms with Crippen LogP contribution in [0, 0.1) is 0 Å². The highest BCUT2D eigenvalue weighted by molar-refractivity contribution is 5.93. The first kappa shape index (κ1) is 14.7. The van der Waals surface area contributed by atoms with Crippen molar-refractivity contribution in [2.24, 2.45) is 0 Å². The van der Waals surface area contributed by atoms with Crippen LogP contribution in [0.25, 0.3) is 10.9 Å². The molecule has 6 heteroatoms. The summed E-state index contributed by atoms with van der Waals surface area (Å²) in [4.78, 5) is 11.6. The summed E-state index contributed by atoms with van der Waals surface area (Å²) in [6.45, 7) is 4.90. The molecule has 0 atom stereocenters. The summed E-state index contributed by atoms with van der Waals surface area (Å²) >= 11 is 0. The number of nitrogens with zero attached hydrogens (tertiary/aromatic N) is 3. The maximum absolute atomic E-state index is 5.43. The molecule has 1 aliphatic rings. The summed E-state index contributed by atoms with van der Waals surface area (Å²) in [5.74, 6) is 3.02. The highest BCUT2D eigenvalue weighted by Crippen LogP contribution is 2.36. The van der Waals surface area contributed by atoms with E-state index in [1.165, 1.54) is 12.8 Å². The molecule has 1 fully saturated rings. The van der Waals surface area contributed by atoms with Gasteiger partial charge in [-0.15, -0.1) is 0 Å². The maximum Gasteiger partial charge on any atom is 0.225 e. The number of hydrogen-bond acceptors (Lipinski definition) is 6. The monoisotopic (exact) mass is 302 g/mol.